The highest BCUT2D eigenvalue weighted by molar-refractivity contribution is 9.10. The quantitative estimate of drug-likeness (QED) is 0.771. The molecule has 7 heteroatoms. The standard InChI is InChI=1S/C13H17BrN4O2/c1-2-15-12-10(5-8(14)6-17-12)13(20)18-9-3-4-11(19)16-7-9/h5-6,9H,2-4,7H2,1H3,(H,15,17)(H,16,19)(H,18,20). The summed E-state index contributed by atoms with van der Waals surface area (Å²) in [5, 5.41) is 8.74. The molecule has 108 valence electrons. The molecule has 0 bridgehead atoms. The molecule has 0 spiro atoms. The third-order valence-electron chi connectivity index (χ3n) is 3.04. The van der Waals surface area contributed by atoms with E-state index >= 15 is 0 Å². The molecule has 6 nitrogen and oxygen atoms in total. The zero-order valence-electron chi connectivity index (χ0n) is 11.2. The second kappa shape index (κ2) is 6.69. The van der Waals surface area contributed by atoms with Crippen molar-refractivity contribution in [1.82, 2.24) is 15.6 Å². The summed E-state index contributed by atoms with van der Waals surface area (Å²) in [5.41, 5.74) is 0.498. The Kier molecular flexibility index (Phi) is 4.94. The Labute approximate surface area is 125 Å². The predicted octanol–water partition coefficient (Wildman–Crippen LogP) is 1.28. The number of hydrogen-bond donors (Lipinski definition) is 3. The molecule has 1 aromatic heterocycles. The molecule has 2 heterocycles. The summed E-state index contributed by atoms with van der Waals surface area (Å²) in [6.07, 6.45) is 2.76. The Morgan fingerprint density at radius 2 is 2.40 bits per heavy atom. The van der Waals surface area contributed by atoms with Crippen LogP contribution in [-0.4, -0.2) is 35.9 Å². The maximum atomic E-state index is 12.3. The van der Waals surface area contributed by atoms with Crippen molar-refractivity contribution in [1.29, 1.82) is 0 Å². The van der Waals surface area contributed by atoms with Crippen LogP contribution in [0.2, 0.25) is 0 Å². The minimum Gasteiger partial charge on any atom is -0.370 e. The highest BCUT2D eigenvalue weighted by Gasteiger charge is 2.21. The second-order valence-corrected chi connectivity index (χ2v) is 5.51. The lowest BCUT2D eigenvalue weighted by molar-refractivity contribution is -0.122. The minimum atomic E-state index is -0.184. The van der Waals surface area contributed by atoms with Crippen molar-refractivity contribution in [2.24, 2.45) is 0 Å². The Bertz CT molecular complexity index is 511. The van der Waals surface area contributed by atoms with Crippen LogP contribution in [0.15, 0.2) is 16.7 Å². The maximum absolute atomic E-state index is 12.3. The molecule has 1 saturated heterocycles. The fraction of sp³-hybridized carbons (Fsp3) is 0.462. The van der Waals surface area contributed by atoms with Gasteiger partial charge in [-0.2, -0.15) is 0 Å². The number of rotatable bonds is 4. The number of halogens is 1. The Morgan fingerprint density at radius 1 is 1.60 bits per heavy atom. The van der Waals surface area contributed by atoms with E-state index in [1.165, 1.54) is 0 Å². The van der Waals surface area contributed by atoms with E-state index in [1.54, 1.807) is 12.3 Å². The predicted molar refractivity (Wildman–Crippen MR) is 79.6 cm³/mol. The molecular formula is C13H17BrN4O2. The van der Waals surface area contributed by atoms with Crippen molar-refractivity contribution >= 4 is 33.6 Å². The van der Waals surface area contributed by atoms with E-state index in [9.17, 15) is 9.59 Å². The summed E-state index contributed by atoms with van der Waals surface area (Å²) >= 11 is 3.32. The van der Waals surface area contributed by atoms with E-state index in [1.807, 2.05) is 6.92 Å². The Morgan fingerprint density at radius 3 is 3.05 bits per heavy atom. The molecule has 1 aliphatic rings. The Hall–Kier alpha value is -1.63. The van der Waals surface area contributed by atoms with E-state index in [0.29, 0.717) is 37.3 Å². The molecule has 3 N–H and O–H groups in total. The molecule has 0 saturated carbocycles. The van der Waals surface area contributed by atoms with Crippen molar-refractivity contribution in [3.05, 3.63) is 22.3 Å². The van der Waals surface area contributed by atoms with Crippen LogP contribution in [0.25, 0.3) is 0 Å². The van der Waals surface area contributed by atoms with Gasteiger partial charge >= 0.3 is 0 Å². The molecule has 0 radical (unpaired) electrons. The number of nitrogens with zero attached hydrogens (tertiary/aromatic N) is 1. The van der Waals surface area contributed by atoms with Gasteiger partial charge in [0.1, 0.15) is 5.82 Å². The molecule has 20 heavy (non-hydrogen) atoms. The van der Waals surface area contributed by atoms with Gasteiger partial charge in [-0.15, -0.1) is 0 Å². The third kappa shape index (κ3) is 3.69. The molecule has 0 aliphatic carbocycles. The van der Waals surface area contributed by atoms with Gasteiger partial charge in [0, 0.05) is 36.2 Å². The number of anilines is 1. The van der Waals surface area contributed by atoms with Crippen LogP contribution in [0, 0.1) is 0 Å². The van der Waals surface area contributed by atoms with Gasteiger partial charge in [-0.25, -0.2) is 4.98 Å². The lowest BCUT2D eigenvalue weighted by Gasteiger charge is -2.23. The molecular weight excluding hydrogens is 324 g/mol. The van der Waals surface area contributed by atoms with E-state index in [0.717, 1.165) is 4.47 Å². The SMILES string of the molecule is CCNc1ncc(Br)cc1C(=O)NC1CCC(=O)NC1. The van der Waals surface area contributed by atoms with Crippen LogP contribution in [0.5, 0.6) is 0 Å². The molecule has 1 aliphatic heterocycles. The van der Waals surface area contributed by atoms with Crippen LogP contribution < -0.4 is 16.0 Å². The lowest BCUT2D eigenvalue weighted by atomic mass is 10.1. The van der Waals surface area contributed by atoms with E-state index < -0.39 is 0 Å². The van der Waals surface area contributed by atoms with E-state index in [-0.39, 0.29) is 17.9 Å². The summed E-state index contributed by atoms with van der Waals surface area (Å²) < 4.78 is 0.751. The molecule has 1 aromatic rings. The van der Waals surface area contributed by atoms with Crippen molar-refractivity contribution in [2.45, 2.75) is 25.8 Å². The van der Waals surface area contributed by atoms with Gasteiger partial charge in [0.15, 0.2) is 0 Å². The smallest absolute Gasteiger partial charge is 0.255 e. The summed E-state index contributed by atoms with van der Waals surface area (Å²) in [7, 11) is 0. The fourth-order valence-corrected chi connectivity index (χ4v) is 2.37. The summed E-state index contributed by atoms with van der Waals surface area (Å²) in [6.45, 7) is 3.11. The van der Waals surface area contributed by atoms with Crippen molar-refractivity contribution in [2.75, 3.05) is 18.4 Å². The lowest BCUT2D eigenvalue weighted by Crippen LogP contribution is -2.47. The summed E-state index contributed by atoms with van der Waals surface area (Å²) in [6, 6.07) is 1.70. The molecule has 1 unspecified atom stereocenters. The van der Waals surface area contributed by atoms with Gasteiger partial charge in [-0.1, -0.05) is 0 Å². The molecule has 2 rings (SSSR count). The minimum absolute atomic E-state index is 0.0336. The normalized spacial score (nSPS) is 18.3. The number of piperidine rings is 1. The number of pyridine rings is 1. The van der Waals surface area contributed by atoms with Gasteiger partial charge in [0.25, 0.3) is 5.91 Å². The first-order valence-electron chi connectivity index (χ1n) is 6.57. The fourth-order valence-electron chi connectivity index (χ4n) is 2.04. The maximum Gasteiger partial charge on any atom is 0.255 e. The van der Waals surface area contributed by atoms with Gasteiger partial charge < -0.3 is 16.0 Å². The van der Waals surface area contributed by atoms with E-state index in [4.69, 9.17) is 0 Å². The number of nitrogens with one attached hydrogen (secondary N) is 3. The van der Waals surface area contributed by atoms with Crippen molar-refractivity contribution in [3.63, 3.8) is 0 Å². The van der Waals surface area contributed by atoms with Crippen molar-refractivity contribution in [3.8, 4) is 0 Å². The largest absolute Gasteiger partial charge is 0.370 e. The number of amides is 2. The average Bonchev–Trinajstić information content (AvgIpc) is 2.43. The van der Waals surface area contributed by atoms with Crippen molar-refractivity contribution < 1.29 is 9.59 Å². The van der Waals surface area contributed by atoms with Crippen LogP contribution in [-0.2, 0) is 4.79 Å². The average molecular weight is 341 g/mol. The molecule has 0 aromatic carbocycles. The summed E-state index contributed by atoms with van der Waals surface area (Å²) in [4.78, 5) is 27.6. The number of hydrogen-bond acceptors (Lipinski definition) is 4. The van der Waals surface area contributed by atoms with Gasteiger partial charge in [0.2, 0.25) is 5.91 Å². The number of carbonyl (C=O) groups excluding carboxylic acids is 2. The zero-order valence-corrected chi connectivity index (χ0v) is 12.8. The molecule has 2 amide bonds. The van der Waals surface area contributed by atoms with Crippen LogP contribution in [0.4, 0.5) is 5.82 Å². The Balaban J connectivity index is 2.08. The second-order valence-electron chi connectivity index (χ2n) is 4.59. The van der Waals surface area contributed by atoms with Gasteiger partial charge in [0.05, 0.1) is 5.56 Å². The zero-order chi connectivity index (χ0) is 14.5. The van der Waals surface area contributed by atoms with E-state index in [2.05, 4.69) is 36.9 Å². The molecule has 1 fully saturated rings. The molecule has 1 atom stereocenters. The van der Waals surface area contributed by atoms with Gasteiger partial charge in [-0.05, 0) is 35.3 Å². The first-order valence-corrected chi connectivity index (χ1v) is 7.36. The number of aromatic nitrogens is 1. The highest BCUT2D eigenvalue weighted by atomic mass is 79.9. The van der Waals surface area contributed by atoms with Crippen LogP contribution >= 0.6 is 15.9 Å². The first-order chi connectivity index (χ1) is 9.60. The highest BCUT2D eigenvalue weighted by Crippen LogP contribution is 2.18. The number of carbonyl (C=O) groups is 2. The topological polar surface area (TPSA) is 83.1 Å². The van der Waals surface area contributed by atoms with Gasteiger partial charge in [-0.3, -0.25) is 9.59 Å². The monoisotopic (exact) mass is 340 g/mol. The summed E-state index contributed by atoms with van der Waals surface area (Å²) in [5.74, 6) is 0.414. The first kappa shape index (κ1) is 14.8. The third-order valence-corrected chi connectivity index (χ3v) is 3.48. The van der Waals surface area contributed by atoms with Crippen LogP contribution in [0.1, 0.15) is 30.1 Å². The van der Waals surface area contributed by atoms with Crippen LogP contribution in [0.3, 0.4) is 0 Å².